The van der Waals surface area contributed by atoms with Crippen LogP contribution in [0.25, 0.3) is 0 Å². The van der Waals surface area contributed by atoms with Gasteiger partial charge in [0.25, 0.3) is 5.91 Å². The zero-order valence-electron chi connectivity index (χ0n) is 14.9. The first-order chi connectivity index (χ1) is 13.0. The maximum atomic E-state index is 12.7. The van der Waals surface area contributed by atoms with E-state index in [1.54, 1.807) is 19.2 Å². The van der Waals surface area contributed by atoms with Crippen molar-refractivity contribution in [2.45, 2.75) is 11.4 Å². The van der Waals surface area contributed by atoms with Gasteiger partial charge in [0.1, 0.15) is 0 Å². The molecule has 0 heterocycles. The number of benzene rings is 3. The molecule has 0 atom stereocenters. The number of hydrogen-bond donors (Lipinski definition) is 1. The molecule has 3 rings (SSSR count). The van der Waals surface area contributed by atoms with E-state index in [1.165, 1.54) is 17.0 Å². The standard InChI is InChI=1S/C21H20N2O3S/c1-23(19-12-6-3-7-13-19)21(24)18-11-8-14-20(15-18)27(25,26)22-16-17-9-4-2-5-10-17/h2-15,22H,16H2,1H3. The molecule has 0 radical (unpaired) electrons. The minimum absolute atomic E-state index is 0.0609. The number of rotatable bonds is 6. The van der Waals surface area contributed by atoms with Gasteiger partial charge in [0, 0.05) is 24.8 Å². The summed E-state index contributed by atoms with van der Waals surface area (Å²) in [4.78, 5) is 14.3. The van der Waals surface area contributed by atoms with Crippen molar-refractivity contribution in [1.29, 1.82) is 0 Å². The van der Waals surface area contributed by atoms with E-state index in [-0.39, 0.29) is 17.3 Å². The Hall–Kier alpha value is -2.96. The highest BCUT2D eigenvalue weighted by Gasteiger charge is 2.18. The molecule has 0 unspecified atom stereocenters. The van der Waals surface area contributed by atoms with Crippen LogP contribution < -0.4 is 9.62 Å². The van der Waals surface area contributed by atoms with Crippen LogP contribution in [0.1, 0.15) is 15.9 Å². The van der Waals surface area contributed by atoms with Crippen LogP contribution in [0.2, 0.25) is 0 Å². The van der Waals surface area contributed by atoms with Crippen molar-refractivity contribution in [2.75, 3.05) is 11.9 Å². The molecule has 138 valence electrons. The zero-order chi connectivity index (χ0) is 19.3. The van der Waals surface area contributed by atoms with Crippen molar-refractivity contribution in [2.24, 2.45) is 0 Å². The van der Waals surface area contributed by atoms with Crippen LogP contribution in [0.4, 0.5) is 5.69 Å². The van der Waals surface area contributed by atoms with Crippen LogP contribution in [-0.4, -0.2) is 21.4 Å². The number of anilines is 1. The summed E-state index contributed by atoms with van der Waals surface area (Å²) in [6, 6.07) is 24.5. The first-order valence-corrected chi connectivity index (χ1v) is 9.92. The van der Waals surface area contributed by atoms with Gasteiger partial charge in [-0.15, -0.1) is 0 Å². The molecule has 5 nitrogen and oxygen atoms in total. The van der Waals surface area contributed by atoms with Gasteiger partial charge >= 0.3 is 0 Å². The Labute approximate surface area is 159 Å². The summed E-state index contributed by atoms with van der Waals surface area (Å²) in [5.41, 5.74) is 1.90. The van der Waals surface area contributed by atoms with E-state index in [9.17, 15) is 13.2 Å². The SMILES string of the molecule is CN(C(=O)c1cccc(S(=O)(=O)NCc2ccccc2)c1)c1ccccc1. The van der Waals surface area contributed by atoms with E-state index in [4.69, 9.17) is 0 Å². The summed E-state index contributed by atoms with van der Waals surface area (Å²) in [6.45, 7) is 0.186. The van der Waals surface area contributed by atoms with E-state index in [0.717, 1.165) is 11.3 Å². The van der Waals surface area contributed by atoms with Crippen LogP contribution in [0.5, 0.6) is 0 Å². The Kier molecular flexibility index (Phi) is 5.69. The number of carbonyl (C=O) groups excluding carboxylic acids is 1. The second-order valence-corrected chi connectivity index (χ2v) is 7.80. The summed E-state index contributed by atoms with van der Waals surface area (Å²) in [5.74, 6) is -0.277. The third-order valence-electron chi connectivity index (χ3n) is 4.15. The average molecular weight is 380 g/mol. The number of nitrogens with zero attached hydrogens (tertiary/aromatic N) is 1. The molecule has 0 saturated carbocycles. The molecular formula is C21H20N2O3S. The maximum Gasteiger partial charge on any atom is 0.258 e. The average Bonchev–Trinajstić information content (AvgIpc) is 2.73. The molecule has 3 aromatic carbocycles. The van der Waals surface area contributed by atoms with Crippen molar-refractivity contribution < 1.29 is 13.2 Å². The Morgan fingerprint density at radius 3 is 2.19 bits per heavy atom. The number of sulfonamides is 1. The predicted octanol–water partition coefficient (Wildman–Crippen LogP) is 3.44. The lowest BCUT2D eigenvalue weighted by Crippen LogP contribution is -2.27. The molecule has 0 saturated heterocycles. The van der Waals surface area contributed by atoms with Crippen LogP contribution in [0, 0.1) is 0 Å². The second kappa shape index (κ2) is 8.16. The number of hydrogen-bond acceptors (Lipinski definition) is 3. The van der Waals surface area contributed by atoms with Gasteiger partial charge < -0.3 is 4.90 Å². The molecular weight excluding hydrogens is 360 g/mol. The predicted molar refractivity (Wildman–Crippen MR) is 106 cm³/mol. The lowest BCUT2D eigenvalue weighted by molar-refractivity contribution is 0.0993. The number of nitrogens with one attached hydrogen (secondary N) is 1. The summed E-state index contributed by atoms with van der Waals surface area (Å²) >= 11 is 0. The van der Waals surface area contributed by atoms with Crippen LogP contribution in [0.3, 0.4) is 0 Å². The van der Waals surface area contributed by atoms with Gasteiger partial charge in [-0.25, -0.2) is 13.1 Å². The van der Waals surface area contributed by atoms with E-state index < -0.39 is 10.0 Å². The summed E-state index contributed by atoms with van der Waals surface area (Å²) in [6.07, 6.45) is 0. The lowest BCUT2D eigenvalue weighted by Gasteiger charge is -2.17. The smallest absolute Gasteiger partial charge is 0.258 e. The summed E-state index contributed by atoms with van der Waals surface area (Å²) in [7, 11) is -2.07. The van der Waals surface area contributed by atoms with Crippen LogP contribution >= 0.6 is 0 Å². The van der Waals surface area contributed by atoms with E-state index >= 15 is 0 Å². The zero-order valence-corrected chi connectivity index (χ0v) is 15.7. The highest BCUT2D eigenvalue weighted by molar-refractivity contribution is 7.89. The fourth-order valence-electron chi connectivity index (χ4n) is 2.62. The molecule has 0 aliphatic carbocycles. The van der Waals surface area contributed by atoms with Gasteiger partial charge in [-0.1, -0.05) is 54.6 Å². The molecule has 6 heteroatoms. The van der Waals surface area contributed by atoms with E-state index in [0.29, 0.717) is 5.56 Å². The Bertz CT molecular complexity index is 1020. The van der Waals surface area contributed by atoms with Crippen LogP contribution in [0.15, 0.2) is 89.8 Å². The fourth-order valence-corrected chi connectivity index (χ4v) is 3.68. The largest absolute Gasteiger partial charge is 0.311 e. The van der Waals surface area contributed by atoms with Gasteiger partial charge in [0.2, 0.25) is 10.0 Å². The Morgan fingerprint density at radius 1 is 0.889 bits per heavy atom. The summed E-state index contributed by atoms with van der Waals surface area (Å²) in [5, 5.41) is 0. The first kappa shape index (κ1) is 18.8. The highest BCUT2D eigenvalue weighted by atomic mass is 32.2. The third-order valence-corrected chi connectivity index (χ3v) is 5.55. The number of amides is 1. The van der Waals surface area contributed by atoms with Crippen molar-refractivity contribution in [3.8, 4) is 0 Å². The maximum absolute atomic E-state index is 12.7. The third kappa shape index (κ3) is 4.61. The lowest BCUT2D eigenvalue weighted by atomic mass is 10.2. The van der Waals surface area contributed by atoms with E-state index in [1.807, 2.05) is 60.7 Å². The monoisotopic (exact) mass is 380 g/mol. The minimum atomic E-state index is -3.73. The quantitative estimate of drug-likeness (QED) is 0.712. The van der Waals surface area contributed by atoms with Crippen molar-refractivity contribution in [3.63, 3.8) is 0 Å². The fraction of sp³-hybridized carbons (Fsp3) is 0.0952. The second-order valence-electron chi connectivity index (χ2n) is 6.04. The molecule has 1 amide bonds. The summed E-state index contributed by atoms with van der Waals surface area (Å²) < 4.78 is 27.7. The molecule has 1 N–H and O–H groups in total. The van der Waals surface area contributed by atoms with Gasteiger partial charge in [0.15, 0.2) is 0 Å². The minimum Gasteiger partial charge on any atom is -0.311 e. The van der Waals surface area contributed by atoms with Crippen molar-refractivity contribution >= 4 is 21.6 Å². The molecule has 0 fully saturated rings. The molecule has 27 heavy (non-hydrogen) atoms. The molecule has 0 aromatic heterocycles. The van der Waals surface area contributed by atoms with Gasteiger partial charge in [0.05, 0.1) is 4.90 Å². The van der Waals surface area contributed by atoms with Gasteiger partial charge in [-0.3, -0.25) is 4.79 Å². The van der Waals surface area contributed by atoms with Gasteiger partial charge in [-0.05, 0) is 35.9 Å². The Morgan fingerprint density at radius 2 is 1.52 bits per heavy atom. The molecule has 0 aliphatic rings. The number of carbonyl (C=O) groups is 1. The topological polar surface area (TPSA) is 66.5 Å². The first-order valence-electron chi connectivity index (χ1n) is 8.44. The van der Waals surface area contributed by atoms with Crippen molar-refractivity contribution in [1.82, 2.24) is 4.72 Å². The van der Waals surface area contributed by atoms with Crippen LogP contribution in [-0.2, 0) is 16.6 Å². The normalized spacial score (nSPS) is 11.1. The Balaban J connectivity index is 1.79. The molecule has 0 bridgehead atoms. The highest BCUT2D eigenvalue weighted by Crippen LogP contribution is 2.17. The molecule has 3 aromatic rings. The van der Waals surface area contributed by atoms with E-state index in [2.05, 4.69) is 4.72 Å². The van der Waals surface area contributed by atoms with Crippen molar-refractivity contribution in [3.05, 3.63) is 96.1 Å². The molecule has 0 spiro atoms. The number of para-hydroxylation sites is 1. The molecule has 0 aliphatic heterocycles. The van der Waals surface area contributed by atoms with Gasteiger partial charge in [-0.2, -0.15) is 0 Å².